The number of rotatable bonds is 6. The number of carbonyl (C=O) groups excluding carboxylic acids is 1. The number of aliphatic hydroxyl groups excluding tert-OH is 1. The Morgan fingerprint density at radius 2 is 2.06 bits per heavy atom. The predicted octanol–water partition coefficient (Wildman–Crippen LogP) is -0.172. The van der Waals surface area contributed by atoms with Crippen LogP contribution in [0.1, 0.15) is 12.8 Å². The molecule has 1 rings (SSSR count). The molecular formula is C11H20F2N2O3. The van der Waals surface area contributed by atoms with Gasteiger partial charge in [-0.05, 0) is 12.8 Å². The van der Waals surface area contributed by atoms with Gasteiger partial charge in [-0.25, -0.2) is 8.78 Å². The third-order valence-electron chi connectivity index (χ3n) is 3.31. The first kappa shape index (κ1) is 15.3. The molecule has 1 aliphatic rings. The van der Waals surface area contributed by atoms with Crippen LogP contribution in [-0.4, -0.2) is 61.8 Å². The highest BCUT2D eigenvalue weighted by Gasteiger charge is 2.41. The van der Waals surface area contributed by atoms with Gasteiger partial charge in [0.25, 0.3) is 6.43 Å². The van der Waals surface area contributed by atoms with Crippen molar-refractivity contribution in [2.45, 2.75) is 19.3 Å². The van der Waals surface area contributed by atoms with Gasteiger partial charge < -0.3 is 20.5 Å². The number of ether oxygens (including phenoxy) is 1. The molecule has 0 radical (unpaired) electrons. The largest absolute Gasteiger partial charge is 0.395 e. The lowest BCUT2D eigenvalue weighted by Crippen LogP contribution is -2.52. The number of carbonyl (C=O) groups is 1. The fourth-order valence-electron chi connectivity index (χ4n) is 2.17. The van der Waals surface area contributed by atoms with Gasteiger partial charge in [0, 0.05) is 26.3 Å². The molecule has 3 N–H and O–H groups in total. The summed E-state index contributed by atoms with van der Waals surface area (Å²) in [7, 11) is 0. The maximum Gasteiger partial charge on any atom is 0.255 e. The Morgan fingerprint density at radius 3 is 2.50 bits per heavy atom. The first-order valence-corrected chi connectivity index (χ1v) is 6.02. The van der Waals surface area contributed by atoms with E-state index in [4.69, 9.17) is 15.6 Å². The number of halogens is 2. The fraction of sp³-hybridized carbons (Fsp3) is 0.909. The molecule has 0 bridgehead atoms. The molecule has 1 saturated heterocycles. The van der Waals surface area contributed by atoms with E-state index < -0.39 is 24.3 Å². The zero-order valence-electron chi connectivity index (χ0n) is 10.3. The standard InChI is InChI=1S/C11H20F2N2O3/c12-9(13)7-15(3-4-16)10(17)11(8-14)1-5-18-6-2-11/h9,16H,1-8,14H2. The summed E-state index contributed by atoms with van der Waals surface area (Å²) >= 11 is 0. The number of nitrogens with zero attached hydrogens (tertiary/aromatic N) is 1. The van der Waals surface area contributed by atoms with Gasteiger partial charge in [0.1, 0.15) is 0 Å². The van der Waals surface area contributed by atoms with E-state index in [1.807, 2.05) is 0 Å². The Hall–Kier alpha value is -0.790. The minimum Gasteiger partial charge on any atom is -0.395 e. The number of hydrogen-bond donors (Lipinski definition) is 2. The quantitative estimate of drug-likeness (QED) is 0.700. The summed E-state index contributed by atoms with van der Waals surface area (Å²) < 4.78 is 30.0. The Kier molecular flexibility index (Phi) is 5.90. The molecule has 0 aromatic heterocycles. The van der Waals surface area contributed by atoms with Crippen LogP contribution in [0.3, 0.4) is 0 Å². The topological polar surface area (TPSA) is 75.8 Å². The zero-order chi connectivity index (χ0) is 13.6. The van der Waals surface area contributed by atoms with Crippen molar-refractivity contribution in [2.24, 2.45) is 11.1 Å². The van der Waals surface area contributed by atoms with Crippen LogP contribution in [0.25, 0.3) is 0 Å². The Labute approximate surface area is 105 Å². The molecule has 0 aromatic rings. The van der Waals surface area contributed by atoms with Gasteiger partial charge >= 0.3 is 0 Å². The lowest BCUT2D eigenvalue weighted by atomic mass is 9.79. The van der Waals surface area contributed by atoms with E-state index in [9.17, 15) is 13.6 Å². The molecule has 18 heavy (non-hydrogen) atoms. The third kappa shape index (κ3) is 3.60. The van der Waals surface area contributed by atoms with E-state index in [1.165, 1.54) is 0 Å². The van der Waals surface area contributed by atoms with Gasteiger partial charge in [-0.1, -0.05) is 0 Å². The molecule has 1 aliphatic heterocycles. The van der Waals surface area contributed by atoms with Gasteiger partial charge in [0.05, 0.1) is 18.6 Å². The van der Waals surface area contributed by atoms with Crippen LogP contribution in [0.15, 0.2) is 0 Å². The number of amides is 1. The van der Waals surface area contributed by atoms with Gasteiger partial charge in [-0.3, -0.25) is 4.79 Å². The highest BCUT2D eigenvalue weighted by molar-refractivity contribution is 5.83. The normalized spacial score (nSPS) is 18.9. The van der Waals surface area contributed by atoms with Gasteiger partial charge in [-0.15, -0.1) is 0 Å². The monoisotopic (exact) mass is 266 g/mol. The van der Waals surface area contributed by atoms with Gasteiger partial charge in [0.2, 0.25) is 5.91 Å². The van der Waals surface area contributed by atoms with E-state index in [0.29, 0.717) is 26.1 Å². The van der Waals surface area contributed by atoms with Crippen LogP contribution in [0.4, 0.5) is 8.78 Å². The molecular weight excluding hydrogens is 246 g/mol. The average Bonchev–Trinajstić information content (AvgIpc) is 2.37. The molecule has 0 unspecified atom stereocenters. The predicted molar refractivity (Wildman–Crippen MR) is 61.2 cm³/mol. The summed E-state index contributed by atoms with van der Waals surface area (Å²) in [4.78, 5) is 13.3. The number of hydrogen-bond acceptors (Lipinski definition) is 4. The molecule has 0 spiro atoms. The molecule has 0 saturated carbocycles. The van der Waals surface area contributed by atoms with Gasteiger partial charge in [-0.2, -0.15) is 0 Å². The average molecular weight is 266 g/mol. The van der Waals surface area contributed by atoms with Crippen molar-refractivity contribution in [3.05, 3.63) is 0 Å². The first-order valence-electron chi connectivity index (χ1n) is 6.02. The Morgan fingerprint density at radius 1 is 1.44 bits per heavy atom. The van der Waals surface area contributed by atoms with Crippen molar-refractivity contribution >= 4 is 5.91 Å². The fourth-order valence-corrected chi connectivity index (χ4v) is 2.17. The SMILES string of the molecule is NCC1(C(=O)N(CCO)CC(F)F)CCOCC1. The second-order valence-electron chi connectivity index (χ2n) is 4.46. The van der Waals surface area contributed by atoms with Crippen LogP contribution in [0.5, 0.6) is 0 Å². The zero-order valence-corrected chi connectivity index (χ0v) is 10.3. The van der Waals surface area contributed by atoms with Crippen molar-refractivity contribution in [2.75, 3.05) is 39.5 Å². The number of nitrogens with two attached hydrogens (primary N) is 1. The lowest BCUT2D eigenvalue weighted by molar-refractivity contribution is -0.149. The highest BCUT2D eigenvalue weighted by Crippen LogP contribution is 2.31. The van der Waals surface area contributed by atoms with Gasteiger partial charge in [0.15, 0.2) is 0 Å². The van der Waals surface area contributed by atoms with E-state index in [2.05, 4.69) is 0 Å². The molecule has 1 heterocycles. The van der Waals surface area contributed by atoms with Crippen LogP contribution < -0.4 is 5.73 Å². The highest BCUT2D eigenvalue weighted by atomic mass is 19.3. The first-order chi connectivity index (χ1) is 8.55. The van der Waals surface area contributed by atoms with E-state index >= 15 is 0 Å². The summed E-state index contributed by atoms with van der Waals surface area (Å²) in [6.45, 7) is -0.168. The Balaban J connectivity index is 2.77. The smallest absolute Gasteiger partial charge is 0.255 e. The van der Waals surface area contributed by atoms with Crippen molar-refractivity contribution < 1.29 is 23.4 Å². The summed E-state index contributed by atoms with van der Waals surface area (Å²) in [5, 5.41) is 8.86. The molecule has 0 aliphatic carbocycles. The maximum absolute atomic E-state index is 12.4. The molecule has 0 atom stereocenters. The third-order valence-corrected chi connectivity index (χ3v) is 3.31. The summed E-state index contributed by atoms with van der Waals surface area (Å²) in [6, 6.07) is 0. The van der Waals surface area contributed by atoms with Crippen molar-refractivity contribution in [3.63, 3.8) is 0 Å². The summed E-state index contributed by atoms with van der Waals surface area (Å²) in [5.41, 5.74) is 4.83. The number of alkyl halides is 2. The van der Waals surface area contributed by atoms with Crippen LogP contribution in [0, 0.1) is 5.41 Å². The molecule has 1 amide bonds. The van der Waals surface area contributed by atoms with E-state index in [0.717, 1.165) is 4.90 Å². The van der Waals surface area contributed by atoms with Crippen LogP contribution in [-0.2, 0) is 9.53 Å². The minimum atomic E-state index is -2.62. The molecule has 106 valence electrons. The molecule has 0 aromatic carbocycles. The molecule has 1 fully saturated rings. The molecule has 5 nitrogen and oxygen atoms in total. The second kappa shape index (κ2) is 6.96. The van der Waals surface area contributed by atoms with E-state index in [-0.39, 0.29) is 19.7 Å². The summed E-state index contributed by atoms with van der Waals surface area (Å²) in [5.74, 6) is -0.400. The van der Waals surface area contributed by atoms with Crippen molar-refractivity contribution in [1.29, 1.82) is 0 Å². The summed E-state index contributed by atoms with van der Waals surface area (Å²) in [6.07, 6.45) is -1.74. The maximum atomic E-state index is 12.4. The second-order valence-corrected chi connectivity index (χ2v) is 4.46. The Bertz CT molecular complexity index is 271. The van der Waals surface area contributed by atoms with Crippen molar-refractivity contribution in [3.8, 4) is 0 Å². The number of aliphatic hydroxyl groups is 1. The van der Waals surface area contributed by atoms with E-state index in [1.54, 1.807) is 0 Å². The van der Waals surface area contributed by atoms with Crippen LogP contribution >= 0.6 is 0 Å². The van der Waals surface area contributed by atoms with Crippen LogP contribution in [0.2, 0.25) is 0 Å². The lowest BCUT2D eigenvalue weighted by Gasteiger charge is -2.38. The minimum absolute atomic E-state index is 0.0915. The molecule has 7 heteroatoms. The van der Waals surface area contributed by atoms with Crippen molar-refractivity contribution in [1.82, 2.24) is 4.90 Å².